The molecule has 2 amide bonds. The molecule has 1 aliphatic rings. The molecule has 30 heavy (non-hydrogen) atoms. The molecule has 0 aromatic carbocycles. The first-order chi connectivity index (χ1) is 13.9. The highest BCUT2D eigenvalue weighted by atomic mass is 16.6. The van der Waals surface area contributed by atoms with Crippen molar-refractivity contribution < 1.29 is 19.1 Å². The van der Waals surface area contributed by atoms with Gasteiger partial charge < -0.3 is 19.3 Å². The maximum absolute atomic E-state index is 12.8. The average molecular weight is 423 g/mol. The summed E-state index contributed by atoms with van der Waals surface area (Å²) in [6, 6.07) is 0.213. The summed E-state index contributed by atoms with van der Waals surface area (Å²) in [4.78, 5) is 29.0. The molecule has 1 rings (SSSR count). The molecule has 6 heteroatoms. The van der Waals surface area contributed by atoms with Gasteiger partial charge in [-0.25, -0.2) is 9.59 Å². The van der Waals surface area contributed by atoms with Crippen LogP contribution < -0.4 is 0 Å². The summed E-state index contributed by atoms with van der Waals surface area (Å²) in [6.07, 6.45) is 12.3. The molecule has 1 saturated carbocycles. The molecule has 0 aliphatic heterocycles. The molecule has 0 saturated heterocycles. The summed E-state index contributed by atoms with van der Waals surface area (Å²) in [5.74, 6) is 2.62. The predicted octanol–water partition coefficient (Wildman–Crippen LogP) is 5.60. The number of carbonyl (C=O) groups is 2. The quantitative estimate of drug-likeness (QED) is 0.377. The van der Waals surface area contributed by atoms with Gasteiger partial charge in [0, 0.05) is 32.1 Å². The molecule has 0 heterocycles. The lowest BCUT2D eigenvalue weighted by atomic mass is 9.94. The van der Waals surface area contributed by atoms with Crippen molar-refractivity contribution in [2.45, 2.75) is 110 Å². The number of terminal acetylenes is 1. The zero-order valence-electron chi connectivity index (χ0n) is 20.0. The van der Waals surface area contributed by atoms with E-state index in [-0.39, 0.29) is 18.2 Å². The average Bonchev–Trinajstić information content (AvgIpc) is 2.61. The fourth-order valence-corrected chi connectivity index (χ4v) is 3.56. The van der Waals surface area contributed by atoms with E-state index in [2.05, 4.69) is 5.92 Å². The molecule has 0 aromatic heterocycles. The SMILES string of the molecule is C#CCCCN(CCCN(C(=O)OC(C)(C)C)C1CCCCC1)C(=O)OC(C)(C)C. The Morgan fingerprint density at radius 3 is 1.93 bits per heavy atom. The van der Waals surface area contributed by atoms with Gasteiger partial charge in [-0.15, -0.1) is 12.3 Å². The van der Waals surface area contributed by atoms with E-state index < -0.39 is 11.2 Å². The first-order valence-corrected chi connectivity index (χ1v) is 11.3. The third-order valence-corrected chi connectivity index (χ3v) is 4.87. The summed E-state index contributed by atoms with van der Waals surface area (Å²) in [5.41, 5.74) is -1.08. The minimum absolute atomic E-state index is 0.213. The van der Waals surface area contributed by atoms with Crippen molar-refractivity contribution in [3.8, 4) is 12.3 Å². The van der Waals surface area contributed by atoms with Gasteiger partial charge in [0.05, 0.1) is 0 Å². The second-order valence-electron chi connectivity index (χ2n) is 10.1. The van der Waals surface area contributed by atoms with Crippen LogP contribution in [-0.2, 0) is 9.47 Å². The van der Waals surface area contributed by atoms with E-state index in [4.69, 9.17) is 15.9 Å². The highest BCUT2D eigenvalue weighted by molar-refractivity contribution is 5.69. The van der Waals surface area contributed by atoms with Crippen LogP contribution in [0.4, 0.5) is 9.59 Å². The fraction of sp³-hybridized carbons (Fsp3) is 0.833. The number of amides is 2. The van der Waals surface area contributed by atoms with Gasteiger partial charge in [0.15, 0.2) is 0 Å². The van der Waals surface area contributed by atoms with Crippen molar-refractivity contribution in [3.05, 3.63) is 0 Å². The highest BCUT2D eigenvalue weighted by Gasteiger charge is 2.29. The van der Waals surface area contributed by atoms with Gasteiger partial charge in [-0.05, 0) is 67.2 Å². The van der Waals surface area contributed by atoms with Gasteiger partial charge in [0.25, 0.3) is 0 Å². The molecule has 1 fully saturated rings. The molecular formula is C24H42N2O4. The molecule has 0 radical (unpaired) electrons. The van der Waals surface area contributed by atoms with E-state index in [0.29, 0.717) is 32.5 Å². The molecule has 6 nitrogen and oxygen atoms in total. The van der Waals surface area contributed by atoms with E-state index in [1.54, 1.807) is 4.90 Å². The van der Waals surface area contributed by atoms with Crippen molar-refractivity contribution in [1.82, 2.24) is 9.80 Å². The van der Waals surface area contributed by atoms with Crippen molar-refractivity contribution in [2.75, 3.05) is 19.6 Å². The van der Waals surface area contributed by atoms with E-state index >= 15 is 0 Å². The lowest BCUT2D eigenvalue weighted by molar-refractivity contribution is 0.0100. The second-order valence-corrected chi connectivity index (χ2v) is 10.1. The van der Waals surface area contributed by atoms with Crippen molar-refractivity contribution in [3.63, 3.8) is 0 Å². The number of nitrogens with zero attached hydrogens (tertiary/aromatic N) is 2. The Hall–Kier alpha value is -1.90. The Labute approximate surface area is 183 Å². The van der Waals surface area contributed by atoms with Crippen LogP contribution in [0.5, 0.6) is 0 Å². The van der Waals surface area contributed by atoms with E-state index in [0.717, 1.165) is 32.1 Å². The normalized spacial score (nSPS) is 15.2. The van der Waals surface area contributed by atoms with E-state index in [9.17, 15) is 9.59 Å². The van der Waals surface area contributed by atoms with Crippen molar-refractivity contribution >= 4 is 12.2 Å². The first kappa shape index (κ1) is 26.1. The predicted molar refractivity (Wildman–Crippen MR) is 120 cm³/mol. The van der Waals surface area contributed by atoms with Crippen LogP contribution in [0.1, 0.15) is 92.9 Å². The van der Waals surface area contributed by atoms with Crippen LogP contribution in [0, 0.1) is 12.3 Å². The van der Waals surface area contributed by atoms with Gasteiger partial charge in [-0.3, -0.25) is 0 Å². The molecule has 0 aromatic rings. The smallest absolute Gasteiger partial charge is 0.410 e. The van der Waals surface area contributed by atoms with Crippen LogP contribution in [0.2, 0.25) is 0 Å². The summed E-state index contributed by atoms with van der Waals surface area (Å²) in [5, 5.41) is 0. The molecule has 0 bridgehead atoms. The Morgan fingerprint density at radius 1 is 0.867 bits per heavy atom. The van der Waals surface area contributed by atoms with Gasteiger partial charge in [0.1, 0.15) is 11.2 Å². The highest BCUT2D eigenvalue weighted by Crippen LogP contribution is 2.24. The maximum Gasteiger partial charge on any atom is 0.410 e. The van der Waals surface area contributed by atoms with Crippen molar-refractivity contribution in [1.29, 1.82) is 0 Å². The summed E-state index contributed by atoms with van der Waals surface area (Å²) in [7, 11) is 0. The van der Waals surface area contributed by atoms with E-state index in [1.165, 1.54) is 6.42 Å². The summed E-state index contributed by atoms with van der Waals surface area (Å²) in [6.45, 7) is 12.9. The second kappa shape index (κ2) is 12.1. The zero-order chi connectivity index (χ0) is 22.8. The zero-order valence-corrected chi connectivity index (χ0v) is 20.0. The lowest BCUT2D eigenvalue weighted by Crippen LogP contribution is -2.46. The fourth-order valence-electron chi connectivity index (χ4n) is 3.56. The molecule has 1 aliphatic carbocycles. The first-order valence-electron chi connectivity index (χ1n) is 11.3. The molecule has 0 spiro atoms. The minimum Gasteiger partial charge on any atom is -0.444 e. The van der Waals surface area contributed by atoms with Crippen LogP contribution in [0.25, 0.3) is 0 Å². The van der Waals surface area contributed by atoms with Crippen LogP contribution in [0.15, 0.2) is 0 Å². The third-order valence-electron chi connectivity index (χ3n) is 4.87. The standard InChI is InChI=1S/C24H42N2O4/c1-8-9-13-17-25(21(27)29-23(2,3)4)18-14-19-26(20-15-11-10-12-16-20)22(28)30-24(5,6)7/h1,20H,9-19H2,2-7H3. The number of hydrogen-bond donors (Lipinski definition) is 0. The molecule has 172 valence electrons. The van der Waals surface area contributed by atoms with Crippen LogP contribution in [0.3, 0.4) is 0 Å². The van der Waals surface area contributed by atoms with Gasteiger partial charge >= 0.3 is 12.2 Å². The number of ether oxygens (including phenoxy) is 2. The lowest BCUT2D eigenvalue weighted by Gasteiger charge is -2.36. The number of hydrogen-bond acceptors (Lipinski definition) is 4. The van der Waals surface area contributed by atoms with Crippen LogP contribution in [-0.4, -0.2) is 58.9 Å². The molecular weight excluding hydrogens is 380 g/mol. The number of carbonyl (C=O) groups excluding carboxylic acids is 2. The topological polar surface area (TPSA) is 59.1 Å². The Bertz CT molecular complexity index is 577. The van der Waals surface area contributed by atoms with Gasteiger partial charge in [0.2, 0.25) is 0 Å². The summed E-state index contributed by atoms with van der Waals surface area (Å²) < 4.78 is 11.2. The molecule has 0 unspecified atom stereocenters. The maximum atomic E-state index is 12.8. The third kappa shape index (κ3) is 10.8. The van der Waals surface area contributed by atoms with Crippen LogP contribution >= 0.6 is 0 Å². The van der Waals surface area contributed by atoms with Crippen molar-refractivity contribution in [2.24, 2.45) is 0 Å². The van der Waals surface area contributed by atoms with E-state index in [1.807, 2.05) is 46.4 Å². The Kier molecular flexibility index (Phi) is 10.5. The number of rotatable bonds is 8. The number of unbranched alkanes of at least 4 members (excludes halogenated alkanes) is 1. The largest absolute Gasteiger partial charge is 0.444 e. The molecule has 0 atom stereocenters. The Balaban J connectivity index is 2.75. The minimum atomic E-state index is -0.550. The summed E-state index contributed by atoms with van der Waals surface area (Å²) >= 11 is 0. The monoisotopic (exact) mass is 422 g/mol. The van der Waals surface area contributed by atoms with Gasteiger partial charge in [-0.2, -0.15) is 0 Å². The Morgan fingerprint density at radius 2 is 1.40 bits per heavy atom. The van der Waals surface area contributed by atoms with Gasteiger partial charge in [-0.1, -0.05) is 19.3 Å². The molecule has 0 N–H and O–H groups in total.